The third-order valence-corrected chi connectivity index (χ3v) is 3.62. The lowest BCUT2D eigenvalue weighted by molar-refractivity contribution is -0.137. The minimum absolute atomic E-state index is 0.105. The molecule has 0 saturated heterocycles. The van der Waals surface area contributed by atoms with Gasteiger partial charge in [-0.2, -0.15) is 5.26 Å². The van der Waals surface area contributed by atoms with Crippen LogP contribution in [-0.4, -0.2) is 30.5 Å². The Balaban J connectivity index is 2.06. The van der Waals surface area contributed by atoms with Crippen LogP contribution in [0.2, 0.25) is 0 Å². The van der Waals surface area contributed by atoms with Crippen molar-refractivity contribution in [3.05, 3.63) is 29.8 Å². The van der Waals surface area contributed by atoms with Gasteiger partial charge >= 0.3 is 0 Å². The van der Waals surface area contributed by atoms with Crippen LogP contribution < -0.4 is 4.74 Å². The van der Waals surface area contributed by atoms with Crippen LogP contribution in [-0.2, 0) is 11.2 Å². The molecule has 1 aromatic carbocycles. The predicted octanol–water partition coefficient (Wildman–Crippen LogP) is 2.64. The molecule has 0 spiro atoms. The molecule has 1 unspecified atom stereocenters. The fourth-order valence-corrected chi connectivity index (χ4v) is 2.66. The standard InChI is InChI=1S/C17H22N2O2/c1-13(2)11-19(9-5-8-18)17(20)15-10-14-6-3-4-7-16(14)21-12-15/h3-4,6-7,13,15H,5,9-12H2,1-2H3. The smallest absolute Gasteiger partial charge is 0.229 e. The van der Waals surface area contributed by atoms with Crippen molar-refractivity contribution in [3.8, 4) is 11.8 Å². The van der Waals surface area contributed by atoms with Gasteiger partial charge in [-0.05, 0) is 24.0 Å². The Morgan fingerprint density at radius 3 is 2.95 bits per heavy atom. The molecule has 0 N–H and O–H groups in total. The van der Waals surface area contributed by atoms with E-state index >= 15 is 0 Å². The molecule has 1 heterocycles. The van der Waals surface area contributed by atoms with Crippen LogP contribution in [0.1, 0.15) is 25.8 Å². The van der Waals surface area contributed by atoms with Crippen molar-refractivity contribution in [2.45, 2.75) is 26.7 Å². The molecule has 1 aromatic rings. The Bertz CT molecular complexity index is 534. The molecule has 1 aliphatic heterocycles. The molecule has 0 fully saturated rings. The van der Waals surface area contributed by atoms with E-state index in [0.717, 1.165) is 17.7 Å². The van der Waals surface area contributed by atoms with Gasteiger partial charge in [-0.15, -0.1) is 0 Å². The van der Waals surface area contributed by atoms with Crippen LogP contribution in [0.5, 0.6) is 5.75 Å². The minimum Gasteiger partial charge on any atom is -0.492 e. The van der Waals surface area contributed by atoms with Gasteiger partial charge < -0.3 is 9.64 Å². The highest BCUT2D eigenvalue weighted by molar-refractivity contribution is 5.79. The Labute approximate surface area is 126 Å². The first-order valence-corrected chi connectivity index (χ1v) is 7.48. The Morgan fingerprint density at radius 1 is 1.48 bits per heavy atom. The van der Waals surface area contributed by atoms with Crippen molar-refractivity contribution in [2.75, 3.05) is 19.7 Å². The quantitative estimate of drug-likeness (QED) is 0.836. The molecule has 0 saturated carbocycles. The lowest BCUT2D eigenvalue weighted by Crippen LogP contribution is -2.42. The number of carbonyl (C=O) groups excluding carboxylic acids is 1. The maximum Gasteiger partial charge on any atom is 0.229 e. The second-order valence-electron chi connectivity index (χ2n) is 5.91. The first kappa shape index (κ1) is 15.4. The number of hydrogen-bond acceptors (Lipinski definition) is 3. The lowest BCUT2D eigenvalue weighted by atomic mass is 9.95. The minimum atomic E-state index is -0.141. The first-order chi connectivity index (χ1) is 10.1. The molecular formula is C17H22N2O2. The van der Waals surface area contributed by atoms with Gasteiger partial charge in [0.05, 0.1) is 18.4 Å². The Hall–Kier alpha value is -2.02. The van der Waals surface area contributed by atoms with Crippen molar-refractivity contribution >= 4 is 5.91 Å². The number of hydrogen-bond donors (Lipinski definition) is 0. The highest BCUT2D eigenvalue weighted by atomic mass is 16.5. The number of nitriles is 1. The molecule has 0 bridgehead atoms. The highest BCUT2D eigenvalue weighted by Crippen LogP contribution is 2.27. The summed E-state index contributed by atoms with van der Waals surface area (Å²) in [6, 6.07) is 9.98. The van der Waals surface area contributed by atoms with Gasteiger partial charge in [0.15, 0.2) is 0 Å². The third kappa shape index (κ3) is 3.98. The molecule has 112 valence electrons. The average Bonchev–Trinajstić information content (AvgIpc) is 2.50. The van der Waals surface area contributed by atoms with Crippen molar-refractivity contribution < 1.29 is 9.53 Å². The molecule has 0 aromatic heterocycles. The van der Waals surface area contributed by atoms with Crippen molar-refractivity contribution in [3.63, 3.8) is 0 Å². The van der Waals surface area contributed by atoms with Crippen molar-refractivity contribution in [1.29, 1.82) is 5.26 Å². The molecule has 0 aliphatic carbocycles. The number of nitrogens with zero attached hydrogens (tertiary/aromatic N) is 2. The van der Waals surface area contributed by atoms with E-state index < -0.39 is 0 Å². The molecule has 1 atom stereocenters. The second kappa shape index (κ2) is 7.12. The van der Waals surface area contributed by atoms with Crippen LogP contribution in [0.3, 0.4) is 0 Å². The Kier molecular flexibility index (Phi) is 5.21. The normalized spacial score (nSPS) is 16.8. The number of ether oxygens (including phenoxy) is 1. The number of rotatable bonds is 5. The molecule has 2 rings (SSSR count). The van der Waals surface area contributed by atoms with Gasteiger partial charge in [0, 0.05) is 13.1 Å². The molecule has 4 nitrogen and oxygen atoms in total. The topological polar surface area (TPSA) is 53.3 Å². The van der Waals surface area contributed by atoms with E-state index in [2.05, 4.69) is 19.9 Å². The van der Waals surface area contributed by atoms with Crippen LogP contribution >= 0.6 is 0 Å². The van der Waals surface area contributed by atoms with E-state index in [1.165, 1.54) is 0 Å². The SMILES string of the molecule is CC(C)CN(CCC#N)C(=O)C1COc2ccccc2C1. The highest BCUT2D eigenvalue weighted by Gasteiger charge is 2.29. The van der Waals surface area contributed by atoms with E-state index in [1.807, 2.05) is 29.2 Å². The average molecular weight is 286 g/mol. The maximum atomic E-state index is 12.7. The summed E-state index contributed by atoms with van der Waals surface area (Å²) in [6.45, 7) is 5.79. The van der Waals surface area contributed by atoms with Crippen molar-refractivity contribution in [1.82, 2.24) is 4.90 Å². The van der Waals surface area contributed by atoms with E-state index in [1.54, 1.807) is 0 Å². The summed E-state index contributed by atoms with van der Waals surface area (Å²) < 4.78 is 5.70. The van der Waals surface area contributed by atoms with Gasteiger partial charge in [0.25, 0.3) is 0 Å². The number of benzene rings is 1. The molecule has 1 amide bonds. The summed E-state index contributed by atoms with van der Waals surface area (Å²) in [7, 11) is 0. The zero-order valence-electron chi connectivity index (χ0n) is 12.7. The van der Waals surface area contributed by atoms with Gasteiger partial charge in [-0.25, -0.2) is 0 Å². The van der Waals surface area contributed by atoms with Crippen LogP contribution in [0.4, 0.5) is 0 Å². The largest absolute Gasteiger partial charge is 0.492 e. The maximum absolute atomic E-state index is 12.7. The zero-order valence-corrected chi connectivity index (χ0v) is 12.7. The van der Waals surface area contributed by atoms with Crippen LogP contribution in [0.15, 0.2) is 24.3 Å². The molecule has 4 heteroatoms. The monoisotopic (exact) mass is 286 g/mol. The van der Waals surface area contributed by atoms with E-state index in [4.69, 9.17) is 10.00 Å². The molecular weight excluding hydrogens is 264 g/mol. The zero-order chi connectivity index (χ0) is 15.2. The molecule has 0 radical (unpaired) electrons. The number of fused-ring (bicyclic) bond motifs is 1. The number of para-hydroxylation sites is 1. The van der Waals surface area contributed by atoms with Crippen LogP contribution in [0, 0.1) is 23.2 Å². The van der Waals surface area contributed by atoms with E-state index in [9.17, 15) is 4.79 Å². The second-order valence-corrected chi connectivity index (χ2v) is 5.91. The number of carbonyl (C=O) groups is 1. The molecule has 1 aliphatic rings. The summed E-state index contributed by atoms with van der Waals surface area (Å²) in [5.74, 6) is 1.24. The van der Waals surface area contributed by atoms with Crippen molar-refractivity contribution in [2.24, 2.45) is 11.8 Å². The van der Waals surface area contributed by atoms with Gasteiger partial charge in [-0.3, -0.25) is 4.79 Å². The predicted molar refractivity (Wildman–Crippen MR) is 80.8 cm³/mol. The summed E-state index contributed by atoms with van der Waals surface area (Å²) in [4.78, 5) is 14.5. The Morgan fingerprint density at radius 2 is 2.24 bits per heavy atom. The third-order valence-electron chi connectivity index (χ3n) is 3.62. The number of amides is 1. The summed E-state index contributed by atoms with van der Waals surface area (Å²) >= 11 is 0. The lowest BCUT2D eigenvalue weighted by Gasteiger charge is -2.31. The summed E-state index contributed by atoms with van der Waals surface area (Å²) in [6.07, 6.45) is 1.10. The van der Waals surface area contributed by atoms with Gasteiger partial charge in [0.1, 0.15) is 12.4 Å². The fraction of sp³-hybridized carbons (Fsp3) is 0.529. The first-order valence-electron chi connectivity index (χ1n) is 7.48. The summed E-state index contributed by atoms with van der Waals surface area (Å²) in [5, 5.41) is 8.76. The fourth-order valence-electron chi connectivity index (χ4n) is 2.66. The van der Waals surface area contributed by atoms with Crippen LogP contribution in [0.25, 0.3) is 0 Å². The van der Waals surface area contributed by atoms with Gasteiger partial charge in [0.2, 0.25) is 5.91 Å². The summed E-state index contributed by atoms with van der Waals surface area (Å²) in [5.41, 5.74) is 1.09. The van der Waals surface area contributed by atoms with E-state index in [0.29, 0.717) is 32.0 Å². The molecule has 21 heavy (non-hydrogen) atoms. The van der Waals surface area contributed by atoms with E-state index in [-0.39, 0.29) is 11.8 Å². The van der Waals surface area contributed by atoms with Gasteiger partial charge in [-0.1, -0.05) is 32.0 Å².